The van der Waals surface area contributed by atoms with E-state index in [0.717, 1.165) is 41.3 Å². The summed E-state index contributed by atoms with van der Waals surface area (Å²) in [6, 6.07) is 19.3. The molecule has 4 aromatic rings. The molecule has 1 amide bonds. The number of carbonyl (C=O) groups is 1. The van der Waals surface area contributed by atoms with Gasteiger partial charge in [0.15, 0.2) is 0 Å². The van der Waals surface area contributed by atoms with Gasteiger partial charge < -0.3 is 15.5 Å². The Morgan fingerprint density at radius 2 is 1.76 bits per heavy atom. The second kappa shape index (κ2) is 8.86. The number of aromatic nitrogens is 2. The van der Waals surface area contributed by atoms with Crippen molar-refractivity contribution < 1.29 is 9.18 Å². The molecule has 0 unspecified atom stereocenters. The number of fused-ring (bicyclic) bond motifs is 1. The van der Waals surface area contributed by atoms with Crippen LogP contribution in [0.4, 0.5) is 21.8 Å². The molecule has 0 bridgehead atoms. The van der Waals surface area contributed by atoms with Crippen molar-refractivity contribution in [1.82, 2.24) is 9.97 Å². The zero-order valence-corrected chi connectivity index (χ0v) is 18.3. The molecule has 1 aliphatic heterocycles. The zero-order valence-electron chi connectivity index (χ0n) is 18.3. The molecule has 0 radical (unpaired) electrons. The molecule has 166 valence electrons. The average Bonchev–Trinajstić information content (AvgIpc) is 2.77. The SMILES string of the molecule is Cc1ccc2c(NCc3ccc(NC(=O)c4ccc(F)cc4)cc3)nc(N3CCC3)nc2c1. The Hall–Kier alpha value is -4.00. The van der Waals surface area contributed by atoms with E-state index >= 15 is 0 Å². The van der Waals surface area contributed by atoms with Crippen LogP contribution in [0.1, 0.15) is 27.9 Å². The Kier molecular flexibility index (Phi) is 5.60. The number of benzene rings is 3. The molecule has 2 N–H and O–H groups in total. The molecule has 1 saturated heterocycles. The molecule has 0 spiro atoms. The number of rotatable bonds is 6. The molecule has 6 nitrogen and oxygen atoms in total. The summed E-state index contributed by atoms with van der Waals surface area (Å²) in [7, 11) is 0. The van der Waals surface area contributed by atoms with Crippen LogP contribution in [0.15, 0.2) is 66.7 Å². The van der Waals surface area contributed by atoms with Crippen LogP contribution in [-0.4, -0.2) is 29.0 Å². The van der Waals surface area contributed by atoms with E-state index in [-0.39, 0.29) is 11.7 Å². The van der Waals surface area contributed by atoms with Crippen molar-refractivity contribution >= 4 is 34.3 Å². The van der Waals surface area contributed by atoms with E-state index in [4.69, 9.17) is 9.97 Å². The van der Waals surface area contributed by atoms with Crippen molar-refractivity contribution in [2.24, 2.45) is 0 Å². The molecule has 1 aliphatic rings. The minimum Gasteiger partial charge on any atom is -0.365 e. The van der Waals surface area contributed by atoms with Gasteiger partial charge in [-0.15, -0.1) is 0 Å². The van der Waals surface area contributed by atoms with Crippen molar-refractivity contribution in [3.63, 3.8) is 0 Å². The van der Waals surface area contributed by atoms with Gasteiger partial charge in [0.2, 0.25) is 5.95 Å². The van der Waals surface area contributed by atoms with E-state index in [1.54, 1.807) is 0 Å². The summed E-state index contributed by atoms with van der Waals surface area (Å²) < 4.78 is 13.1. The molecular formula is C26H24FN5O. The third-order valence-corrected chi connectivity index (χ3v) is 5.76. The van der Waals surface area contributed by atoms with Gasteiger partial charge in [-0.1, -0.05) is 18.2 Å². The average molecular weight is 442 g/mol. The van der Waals surface area contributed by atoms with Gasteiger partial charge in [-0.3, -0.25) is 4.79 Å². The summed E-state index contributed by atoms with van der Waals surface area (Å²) in [6.07, 6.45) is 1.17. The number of halogens is 1. The van der Waals surface area contributed by atoms with E-state index in [2.05, 4.69) is 40.7 Å². The quantitative estimate of drug-likeness (QED) is 0.433. The number of anilines is 3. The summed E-state index contributed by atoms with van der Waals surface area (Å²) in [5.74, 6) is 0.936. The van der Waals surface area contributed by atoms with Gasteiger partial charge in [-0.05, 0) is 73.0 Å². The van der Waals surface area contributed by atoms with Crippen LogP contribution in [-0.2, 0) is 6.54 Å². The molecule has 0 atom stereocenters. The van der Waals surface area contributed by atoms with Crippen LogP contribution < -0.4 is 15.5 Å². The molecule has 3 aromatic carbocycles. The first-order valence-electron chi connectivity index (χ1n) is 11.0. The van der Waals surface area contributed by atoms with Gasteiger partial charge in [-0.25, -0.2) is 9.37 Å². The van der Waals surface area contributed by atoms with E-state index in [1.807, 2.05) is 24.3 Å². The zero-order chi connectivity index (χ0) is 22.8. The number of aryl methyl sites for hydroxylation is 1. The Balaban J connectivity index is 1.29. The molecule has 1 fully saturated rings. The second-order valence-corrected chi connectivity index (χ2v) is 8.24. The minimum atomic E-state index is -0.369. The lowest BCUT2D eigenvalue weighted by Crippen LogP contribution is -2.38. The first-order chi connectivity index (χ1) is 16.0. The Labute approximate surface area is 191 Å². The number of hydrogen-bond acceptors (Lipinski definition) is 5. The number of hydrogen-bond donors (Lipinski definition) is 2. The van der Waals surface area contributed by atoms with Crippen molar-refractivity contribution in [2.75, 3.05) is 28.6 Å². The molecule has 0 aliphatic carbocycles. The summed E-state index contributed by atoms with van der Waals surface area (Å²) in [5, 5.41) is 7.28. The van der Waals surface area contributed by atoms with Gasteiger partial charge >= 0.3 is 0 Å². The highest BCUT2D eigenvalue weighted by Gasteiger charge is 2.19. The second-order valence-electron chi connectivity index (χ2n) is 8.24. The number of nitrogens with one attached hydrogen (secondary N) is 2. The van der Waals surface area contributed by atoms with E-state index in [9.17, 15) is 9.18 Å². The largest absolute Gasteiger partial charge is 0.365 e. The van der Waals surface area contributed by atoms with E-state index in [0.29, 0.717) is 17.8 Å². The van der Waals surface area contributed by atoms with Crippen LogP contribution >= 0.6 is 0 Å². The van der Waals surface area contributed by atoms with E-state index < -0.39 is 0 Å². The van der Waals surface area contributed by atoms with Crippen LogP contribution in [0.25, 0.3) is 10.9 Å². The molecule has 33 heavy (non-hydrogen) atoms. The normalized spacial score (nSPS) is 13.0. The maximum absolute atomic E-state index is 13.1. The molecule has 2 heterocycles. The van der Waals surface area contributed by atoms with Crippen molar-refractivity contribution in [2.45, 2.75) is 19.9 Å². The fourth-order valence-corrected chi connectivity index (χ4v) is 3.72. The van der Waals surface area contributed by atoms with Gasteiger partial charge in [0.1, 0.15) is 11.6 Å². The lowest BCUT2D eigenvalue weighted by atomic mass is 10.1. The van der Waals surface area contributed by atoms with Gasteiger partial charge in [-0.2, -0.15) is 4.98 Å². The predicted molar refractivity (Wildman–Crippen MR) is 129 cm³/mol. The summed E-state index contributed by atoms with van der Waals surface area (Å²) in [4.78, 5) is 24.0. The monoisotopic (exact) mass is 441 g/mol. The number of amides is 1. The molecule has 1 aromatic heterocycles. The van der Waals surface area contributed by atoms with Gasteiger partial charge in [0.25, 0.3) is 5.91 Å². The van der Waals surface area contributed by atoms with Gasteiger partial charge in [0.05, 0.1) is 5.52 Å². The van der Waals surface area contributed by atoms with Crippen molar-refractivity contribution in [3.8, 4) is 0 Å². The lowest BCUT2D eigenvalue weighted by molar-refractivity contribution is 0.102. The fraction of sp³-hybridized carbons (Fsp3) is 0.192. The highest BCUT2D eigenvalue weighted by atomic mass is 19.1. The third-order valence-electron chi connectivity index (χ3n) is 5.76. The van der Waals surface area contributed by atoms with Crippen molar-refractivity contribution in [1.29, 1.82) is 0 Å². The number of nitrogens with zero attached hydrogens (tertiary/aromatic N) is 3. The first-order valence-corrected chi connectivity index (χ1v) is 11.0. The maximum Gasteiger partial charge on any atom is 0.255 e. The maximum atomic E-state index is 13.1. The molecule has 7 heteroatoms. The Morgan fingerprint density at radius 3 is 2.45 bits per heavy atom. The van der Waals surface area contributed by atoms with E-state index in [1.165, 1.54) is 36.2 Å². The topological polar surface area (TPSA) is 70.2 Å². The Bertz CT molecular complexity index is 1300. The summed E-state index contributed by atoms with van der Waals surface area (Å²) >= 11 is 0. The Morgan fingerprint density at radius 1 is 1.00 bits per heavy atom. The third kappa shape index (κ3) is 4.62. The predicted octanol–water partition coefficient (Wildman–Crippen LogP) is 5.15. The minimum absolute atomic E-state index is 0.276. The van der Waals surface area contributed by atoms with Crippen LogP contribution in [0.2, 0.25) is 0 Å². The lowest BCUT2D eigenvalue weighted by Gasteiger charge is -2.31. The van der Waals surface area contributed by atoms with Crippen LogP contribution in [0.5, 0.6) is 0 Å². The molecule has 0 saturated carbocycles. The van der Waals surface area contributed by atoms with Crippen molar-refractivity contribution in [3.05, 3.63) is 89.2 Å². The fourth-order valence-electron chi connectivity index (χ4n) is 3.72. The first kappa shape index (κ1) is 20.9. The molecular weight excluding hydrogens is 417 g/mol. The van der Waals surface area contributed by atoms with Gasteiger partial charge in [0, 0.05) is 36.3 Å². The standard InChI is InChI=1S/C26H24FN5O/c1-17-3-12-22-23(15-17)30-26(32-13-2-14-32)31-24(22)28-16-18-4-10-21(11-5-18)29-25(33)19-6-8-20(27)9-7-19/h3-12,15H,2,13-14,16H2,1H3,(H,29,33)(H,28,30,31). The highest BCUT2D eigenvalue weighted by Crippen LogP contribution is 2.27. The van der Waals surface area contributed by atoms with Crippen LogP contribution in [0, 0.1) is 12.7 Å². The summed E-state index contributed by atoms with van der Waals surface area (Å²) in [6.45, 7) is 4.63. The summed E-state index contributed by atoms with van der Waals surface area (Å²) in [5.41, 5.74) is 4.24. The van der Waals surface area contributed by atoms with Crippen LogP contribution in [0.3, 0.4) is 0 Å². The molecule has 5 rings (SSSR count). The smallest absolute Gasteiger partial charge is 0.255 e. The number of carbonyl (C=O) groups excluding carboxylic acids is 1. The highest BCUT2D eigenvalue weighted by molar-refractivity contribution is 6.04.